The Hall–Kier alpha value is -1.69. The lowest BCUT2D eigenvalue weighted by Crippen LogP contribution is -2.46. The smallest absolute Gasteiger partial charge is 0.226 e. The van der Waals surface area contributed by atoms with Crippen LogP contribution in [0.5, 0.6) is 5.88 Å². The Morgan fingerprint density at radius 1 is 1.44 bits per heavy atom. The summed E-state index contributed by atoms with van der Waals surface area (Å²) in [6, 6.07) is 1.76. The average Bonchev–Trinajstić information content (AvgIpc) is 2.40. The van der Waals surface area contributed by atoms with Crippen LogP contribution in [0.15, 0.2) is 12.4 Å². The number of hydrogen-bond donors (Lipinski definition) is 1. The fourth-order valence-electron chi connectivity index (χ4n) is 1.82. The minimum atomic E-state index is 0.141. The number of hydrogen-bond acceptors (Lipinski definition) is 5. The first-order valence-corrected chi connectivity index (χ1v) is 6.15. The molecule has 2 rings (SSSR count). The molecule has 1 N–H and O–H groups in total. The van der Waals surface area contributed by atoms with Gasteiger partial charge in [-0.05, 0) is 6.92 Å². The Morgan fingerprint density at radius 3 is 2.94 bits per heavy atom. The van der Waals surface area contributed by atoms with E-state index in [-0.39, 0.29) is 5.91 Å². The molecule has 1 aliphatic heterocycles. The fourth-order valence-corrected chi connectivity index (χ4v) is 1.82. The highest BCUT2D eigenvalue weighted by Crippen LogP contribution is 2.06. The number of aromatic nitrogens is 2. The Bertz CT molecular complexity index is 405. The number of nitrogens with one attached hydrogen (secondary N) is 1. The van der Waals surface area contributed by atoms with Gasteiger partial charge in [-0.3, -0.25) is 4.79 Å². The highest BCUT2D eigenvalue weighted by Gasteiger charge is 2.15. The van der Waals surface area contributed by atoms with Crippen molar-refractivity contribution in [2.45, 2.75) is 13.3 Å². The first kappa shape index (κ1) is 12.8. The van der Waals surface area contributed by atoms with Crippen molar-refractivity contribution in [1.82, 2.24) is 20.2 Å². The molecule has 0 atom stereocenters. The molecule has 0 spiro atoms. The van der Waals surface area contributed by atoms with Gasteiger partial charge in [-0.25, -0.2) is 9.97 Å². The molecule has 0 saturated carbocycles. The fraction of sp³-hybridized carbons (Fsp3) is 0.583. The van der Waals surface area contributed by atoms with Crippen molar-refractivity contribution in [1.29, 1.82) is 0 Å². The van der Waals surface area contributed by atoms with Gasteiger partial charge < -0.3 is 15.0 Å². The number of nitrogens with zero attached hydrogens (tertiary/aromatic N) is 3. The Labute approximate surface area is 106 Å². The molecule has 2 heterocycles. The van der Waals surface area contributed by atoms with Crippen LogP contribution in [0, 0.1) is 6.92 Å². The maximum absolute atomic E-state index is 11.8. The molecule has 0 bridgehead atoms. The topological polar surface area (TPSA) is 67.3 Å². The zero-order chi connectivity index (χ0) is 12.8. The van der Waals surface area contributed by atoms with Gasteiger partial charge in [0, 0.05) is 37.9 Å². The Balaban J connectivity index is 1.73. The number of piperazine rings is 1. The van der Waals surface area contributed by atoms with Gasteiger partial charge in [0.1, 0.15) is 6.33 Å². The van der Waals surface area contributed by atoms with E-state index in [1.807, 2.05) is 11.8 Å². The van der Waals surface area contributed by atoms with Crippen LogP contribution in [0.4, 0.5) is 0 Å². The van der Waals surface area contributed by atoms with Crippen molar-refractivity contribution in [2.24, 2.45) is 0 Å². The highest BCUT2D eigenvalue weighted by molar-refractivity contribution is 5.76. The molecule has 1 fully saturated rings. The Morgan fingerprint density at radius 2 is 2.22 bits per heavy atom. The van der Waals surface area contributed by atoms with Gasteiger partial charge in [0.2, 0.25) is 11.8 Å². The zero-order valence-electron chi connectivity index (χ0n) is 10.6. The minimum absolute atomic E-state index is 0.141. The summed E-state index contributed by atoms with van der Waals surface area (Å²) in [6.45, 7) is 5.55. The van der Waals surface area contributed by atoms with Gasteiger partial charge in [-0.1, -0.05) is 0 Å². The molecule has 1 aliphatic rings. The lowest BCUT2D eigenvalue weighted by molar-refractivity contribution is -0.132. The summed E-state index contributed by atoms with van der Waals surface area (Å²) in [5.74, 6) is 0.665. The normalized spacial score (nSPS) is 15.5. The minimum Gasteiger partial charge on any atom is -0.477 e. The lowest BCUT2D eigenvalue weighted by atomic mass is 10.3. The standard InChI is InChI=1S/C12H18N4O2/c1-10-8-11(15-9-14-10)18-7-2-12(17)16-5-3-13-4-6-16/h8-9,13H,2-7H2,1H3. The molecule has 6 heteroatoms. The van der Waals surface area contributed by atoms with Crippen molar-refractivity contribution >= 4 is 5.91 Å². The van der Waals surface area contributed by atoms with Gasteiger partial charge >= 0.3 is 0 Å². The summed E-state index contributed by atoms with van der Waals surface area (Å²) in [6.07, 6.45) is 1.85. The monoisotopic (exact) mass is 250 g/mol. The van der Waals surface area contributed by atoms with Crippen LogP contribution in [0.3, 0.4) is 0 Å². The number of carbonyl (C=O) groups excluding carboxylic acids is 1. The van der Waals surface area contributed by atoms with Gasteiger partial charge in [-0.15, -0.1) is 0 Å². The summed E-state index contributed by atoms with van der Waals surface area (Å²) in [4.78, 5) is 21.7. The molecule has 0 unspecified atom stereocenters. The number of aryl methyl sites for hydroxylation is 1. The van der Waals surface area contributed by atoms with Crippen LogP contribution >= 0.6 is 0 Å². The van der Waals surface area contributed by atoms with Crippen LogP contribution in [0.25, 0.3) is 0 Å². The van der Waals surface area contributed by atoms with Gasteiger partial charge in [0.15, 0.2) is 0 Å². The predicted molar refractivity (Wildman–Crippen MR) is 66.3 cm³/mol. The van der Waals surface area contributed by atoms with Gasteiger partial charge in [0.25, 0.3) is 0 Å². The summed E-state index contributed by atoms with van der Waals surface area (Å²) in [5.41, 5.74) is 0.855. The molecule has 0 aliphatic carbocycles. The molecular weight excluding hydrogens is 232 g/mol. The van der Waals surface area contributed by atoms with E-state index in [2.05, 4.69) is 15.3 Å². The zero-order valence-corrected chi connectivity index (χ0v) is 10.6. The molecule has 1 saturated heterocycles. The molecule has 1 aromatic heterocycles. The van der Waals surface area contributed by atoms with E-state index in [9.17, 15) is 4.79 Å². The highest BCUT2D eigenvalue weighted by atomic mass is 16.5. The van der Waals surface area contributed by atoms with Crippen molar-refractivity contribution in [2.75, 3.05) is 32.8 Å². The average molecular weight is 250 g/mol. The van der Waals surface area contributed by atoms with Gasteiger partial charge in [-0.2, -0.15) is 0 Å². The van der Waals surface area contributed by atoms with E-state index in [4.69, 9.17) is 4.74 Å². The molecule has 1 aromatic rings. The second-order valence-corrected chi connectivity index (χ2v) is 4.23. The molecular formula is C12H18N4O2. The van der Waals surface area contributed by atoms with Crippen LogP contribution in [-0.4, -0.2) is 53.6 Å². The third-order valence-electron chi connectivity index (χ3n) is 2.81. The molecule has 98 valence electrons. The largest absolute Gasteiger partial charge is 0.477 e. The van der Waals surface area contributed by atoms with Crippen LogP contribution in [0.1, 0.15) is 12.1 Å². The SMILES string of the molecule is Cc1cc(OCCC(=O)N2CCNCC2)ncn1. The first-order valence-electron chi connectivity index (χ1n) is 6.15. The lowest BCUT2D eigenvalue weighted by Gasteiger charge is -2.27. The van der Waals surface area contributed by atoms with E-state index in [1.165, 1.54) is 6.33 Å². The van der Waals surface area contributed by atoms with Crippen molar-refractivity contribution in [3.63, 3.8) is 0 Å². The van der Waals surface area contributed by atoms with E-state index in [0.717, 1.165) is 31.9 Å². The number of rotatable bonds is 4. The quantitative estimate of drug-likeness (QED) is 0.814. The van der Waals surface area contributed by atoms with Crippen molar-refractivity contribution in [3.05, 3.63) is 18.1 Å². The van der Waals surface area contributed by atoms with Crippen molar-refractivity contribution < 1.29 is 9.53 Å². The summed E-state index contributed by atoms with van der Waals surface area (Å²) in [7, 11) is 0. The van der Waals surface area contributed by atoms with Crippen molar-refractivity contribution in [3.8, 4) is 5.88 Å². The molecule has 6 nitrogen and oxygen atoms in total. The molecule has 0 radical (unpaired) electrons. The first-order chi connectivity index (χ1) is 8.75. The number of amides is 1. The van der Waals surface area contributed by atoms with Crippen LogP contribution < -0.4 is 10.1 Å². The maximum Gasteiger partial charge on any atom is 0.226 e. The third kappa shape index (κ3) is 3.66. The van der Waals surface area contributed by atoms with E-state index in [1.54, 1.807) is 6.07 Å². The second-order valence-electron chi connectivity index (χ2n) is 4.23. The van der Waals surface area contributed by atoms with E-state index < -0.39 is 0 Å². The maximum atomic E-state index is 11.8. The van der Waals surface area contributed by atoms with Crippen LogP contribution in [0.2, 0.25) is 0 Å². The van der Waals surface area contributed by atoms with Gasteiger partial charge in [0.05, 0.1) is 13.0 Å². The van der Waals surface area contributed by atoms with E-state index >= 15 is 0 Å². The second kappa shape index (κ2) is 6.30. The van der Waals surface area contributed by atoms with E-state index in [0.29, 0.717) is 18.9 Å². The number of ether oxygens (including phenoxy) is 1. The summed E-state index contributed by atoms with van der Waals surface area (Å²) >= 11 is 0. The molecule has 18 heavy (non-hydrogen) atoms. The number of carbonyl (C=O) groups is 1. The molecule has 1 amide bonds. The third-order valence-corrected chi connectivity index (χ3v) is 2.81. The molecule has 0 aromatic carbocycles. The Kier molecular flexibility index (Phi) is 4.46. The summed E-state index contributed by atoms with van der Waals surface area (Å²) < 4.78 is 5.43. The summed E-state index contributed by atoms with van der Waals surface area (Å²) in [5, 5.41) is 3.22. The van der Waals surface area contributed by atoms with Crippen LogP contribution in [-0.2, 0) is 4.79 Å². The predicted octanol–water partition coefficient (Wildman–Crippen LogP) is -0.0143.